The second-order valence-corrected chi connectivity index (χ2v) is 4.64. The molecule has 0 fully saturated rings. The average Bonchev–Trinajstić information content (AvgIpc) is 2.88. The van der Waals surface area contributed by atoms with Crippen LogP contribution in [0.25, 0.3) is 10.6 Å². The van der Waals surface area contributed by atoms with Crippen molar-refractivity contribution in [2.75, 3.05) is 13.6 Å². The maximum Gasteiger partial charge on any atom is 0.233 e. The summed E-state index contributed by atoms with van der Waals surface area (Å²) in [4.78, 5) is 15.6. The molecule has 1 heterocycles. The molecule has 0 aliphatic heterocycles. The van der Waals surface area contributed by atoms with E-state index in [-0.39, 0.29) is 5.91 Å². The molecule has 0 radical (unpaired) electrons. The number of nitrogens with one attached hydrogen (secondary N) is 2. The Labute approximate surface area is 110 Å². The first-order valence-electron chi connectivity index (χ1n) is 5.70. The van der Waals surface area contributed by atoms with Gasteiger partial charge < -0.3 is 10.6 Å². The number of hydrogen-bond donors (Lipinski definition) is 2. The van der Waals surface area contributed by atoms with Gasteiger partial charge in [0.15, 0.2) is 0 Å². The zero-order chi connectivity index (χ0) is 12.8. The van der Waals surface area contributed by atoms with Crippen LogP contribution in [0.2, 0.25) is 0 Å². The normalized spacial score (nSPS) is 10.3. The van der Waals surface area contributed by atoms with E-state index in [1.807, 2.05) is 35.7 Å². The lowest BCUT2D eigenvalue weighted by Gasteiger charge is -2.00. The summed E-state index contributed by atoms with van der Waals surface area (Å²) in [6.07, 6.45) is 0. The average molecular weight is 261 g/mol. The molecule has 2 aromatic rings. The van der Waals surface area contributed by atoms with Gasteiger partial charge in [0, 0.05) is 24.5 Å². The minimum atomic E-state index is -0.0199. The molecule has 1 amide bonds. The predicted molar refractivity (Wildman–Crippen MR) is 73.3 cm³/mol. The maximum atomic E-state index is 11.0. The van der Waals surface area contributed by atoms with Gasteiger partial charge in [-0.2, -0.15) is 0 Å². The van der Waals surface area contributed by atoms with Crippen LogP contribution in [0.3, 0.4) is 0 Å². The van der Waals surface area contributed by atoms with Crippen LogP contribution in [0.1, 0.15) is 5.69 Å². The van der Waals surface area contributed by atoms with Crippen molar-refractivity contribution < 1.29 is 4.79 Å². The molecular formula is C13H15N3OS. The molecule has 0 saturated carbocycles. The smallest absolute Gasteiger partial charge is 0.233 e. The van der Waals surface area contributed by atoms with Gasteiger partial charge in [0.25, 0.3) is 0 Å². The lowest BCUT2D eigenvalue weighted by Crippen LogP contribution is -2.31. The lowest BCUT2D eigenvalue weighted by molar-refractivity contribution is -0.119. The highest BCUT2D eigenvalue weighted by Gasteiger charge is 2.04. The van der Waals surface area contributed by atoms with Crippen LogP contribution in [0, 0.1) is 0 Å². The van der Waals surface area contributed by atoms with Crippen molar-refractivity contribution in [3.05, 3.63) is 41.4 Å². The Morgan fingerprint density at radius 3 is 2.83 bits per heavy atom. The van der Waals surface area contributed by atoms with E-state index in [2.05, 4.69) is 15.6 Å². The molecule has 4 nitrogen and oxygen atoms in total. The molecule has 1 aromatic heterocycles. The van der Waals surface area contributed by atoms with Crippen molar-refractivity contribution >= 4 is 17.2 Å². The Morgan fingerprint density at radius 2 is 2.11 bits per heavy atom. The first kappa shape index (κ1) is 12.7. The number of thiazole rings is 1. The van der Waals surface area contributed by atoms with Gasteiger partial charge >= 0.3 is 0 Å². The molecule has 0 bridgehead atoms. The van der Waals surface area contributed by atoms with E-state index in [1.54, 1.807) is 18.4 Å². The Morgan fingerprint density at radius 1 is 1.33 bits per heavy atom. The van der Waals surface area contributed by atoms with Gasteiger partial charge in [0.05, 0.1) is 12.2 Å². The number of aromatic nitrogens is 1. The SMILES string of the molecule is CNC(=O)CNCc1csc(-c2ccccc2)n1. The topological polar surface area (TPSA) is 54.0 Å². The van der Waals surface area contributed by atoms with E-state index < -0.39 is 0 Å². The molecule has 0 aliphatic carbocycles. The highest BCUT2D eigenvalue weighted by Crippen LogP contribution is 2.22. The van der Waals surface area contributed by atoms with E-state index in [9.17, 15) is 4.79 Å². The third-order valence-electron chi connectivity index (χ3n) is 2.44. The molecule has 2 rings (SSSR count). The van der Waals surface area contributed by atoms with E-state index in [0.29, 0.717) is 13.1 Å². The van der Waals surface area contributed by atoms with Crippen molar-refractivity contribution in [1.29, 1.82) is 0 Å². The molecule has 1 aromatic carbocycles. The summed E-state index contributed by atoms with van der Waals surface area (Å²) in [6, 6.07) is 10.1. The second kappa shape index (κ2) is 6.28. The van der Waals surface area contributed by atoms with E-state index >= 15 is 0 Å². The summed E-state index contributed by atoms with van der Waals surface area (Å²) in [6.45, 7) is 0.922. The molecule has 0 spiro atoms. The van der Waals surface area contributed by atoms with Crippen LogP contribution in [-0.2, 0) is 11.3 Å². The molecular weight excluding hydrogens is 246 g/mol. The minimum Gasteiger partial charge on any atom is -0.358 e. The van der Waals surface area contributed by atoms with Crippen LogP contribution < -0.4 is 10.6 Å². The fraction of sp³-hybridized carbons (Fsp3) is 0.231. The fourth-order valence-corrected chi connectivity index (χ4v) is 2.32. The zero-order valence-electron chi connectivity index (χ0n) is 10.1. The number of nitrogens with zero attached hydrogens (tertiary/aromatic N) is 1. The first-order valence-corrected chi connectivity index (χ1v) is 6.58. The zero-order valence-corrected chi connectivity index (χ0v) is 11.0. The number of likely N-dealkylation sites (N-methyl/N-ethyl adjacent to an activating group) is 1. The Kier molecular flexibility index (Phi) is 4.44. The summed E-state index contributed by atoms with van der Waals surface area (Å²) in [5.41, 5.74) is 2.09. The number of benzene rings is 1. The molecule has 5 heteroatoms. The number of rotatable bonds is 5. The monoisotopic (exact) mass is 261 g/mol. The van der Waals surface area contributed by atoms with Crippen LogP contribution in [0.15, 0.2) is 35.7 Å². The van der Waals surface area contributed by atoms with Gasteiger partial charge in [0.2, 0.25) is 5.91 Å². The standard InChI is InChI=1S/C13H15N3OS/c1-14-12(17)8-15-7-11-9-18-13(16-11)10-5-3-2-4-6-10/h2-6,9,15H,7-8H2,1H3,(H,14,17). The molecule has 0 unspecified atom stereocenters. The maximum absolute atomic E-state index is 11.0. The summed E-state index contributed by atoms with van der Waals surface area (Å²) in [5.74, 6) is -0.0199. The Balaban J connectivity index is 1.93. The third-order valence-corrected chi connectivity index (χ3v) is 3.38. The van der Waals surface area contributed by atoms with Crippen LogP contribution in [0.4, 0.5) is 0 Å². The van der Waals surface area contributed by atoms with E-state index in [1.165, 1.54) is 0 Å². The van der Waals surface area contributed by atoms with Crippen molar-refractivity contribution in [2.24, 2.45) is 0 Å². The number of amides is 1. The van der Waals surface area contributed by atoms with Crippen LogP contribution in [-0.4, -0.2) is 24.5 Å². The van der Waals surface area contributed by atoms with Gasteiger partial charge in [-0.25, -0.2) is 4.98 Å². The highest BCUT2D eigenvalue weighted by molar-refractivity contribution is 7.13. The van der Waals surface area contributed by atoms with E-state index in [0.717, 1.165) is 16.3 Å². The summed E-state index contributed by atoms with van der Waals surface area (Å²) in [5, 5.41) is 8.63. The molecule has 0 atom stereocenters. The van der Waals surface area contributed by atoms with Gasteiger partial charge in [-0.1, -0.05) is 30.3 Å². The van der Waals surface area contributed by atoms with Crippen molar-refractivity contribution in [1.82, 2.24) is 15.6 Å². The lowest BCUT2D eigenvalue weighted by atomic mass is 10.2. The number of carbonyl (C=O) groups excluding carboxylic acids is 1. The third kappa shape index (κ3) is 3.38. The Bertz CT molecular complexity index is 510. The van der Waals surface area contributed by atoms with Gasteiger partial charge in [-0.05, 0) is 0 Å². The molecule has 0 aliphatic rings. The minimum absolute atomic E-state index is 0.0199. The molecule has 0 saturated heterocycles. The number of hydrogen-bond acceptors (Lipinski definition) is 4. The molecule has 94 valence electrons. The fourth-order valence-electron chi connectivity index (χ4n) is 1.49. The van der Waals surface area contributed by atoms with Crippen LogP contribution >= 0.6 is 11.3 Å². The summed E-state index contributed by atoms with van der Waals surface area (Å²) < 4.78 is 0. The van der Waals surface area contributed by atoms with Crippen LogP contribution in [0.5, 0.6) is 0 Å². The van der Waals surface area contributed by atoms with Gasteiger partial charge in [0.1, 0.15) is 5.01 Å². The summed E-state index contributed by atoms with van der Waals surface area (Å²) in [7, 11) is 1.63. The molecule has 18 heavy (non-hydrogen) atoms. The van der Waals surface area contributed by atoms with E-state index in [4.69, 9.17) is 0 Å². The quantitative estimate of drug-likeness (QED) is 0.860. The predicted octanol–water partition coefficient (Wildman–Crippen LogP) is 1.65. The first-order chi connectivity index (χ1) is 8.79. The van der Waals surface area contributed by atoms with Crippen molar-refractivity contribution in [2.45, 2.75) is 6.54 Å². The summed E-state index contributed by atoms with van der Waals surface area (Å²) >= 11 is 1.62. The van der Waals surface area contributed by atoms with Crippen molar-refractivity contribution in [3.8, 4) is 10.6 Å². The van der Waals surface area contributed by atoms with Gasteiger partial charge in [-0.3, -0.25) is 4.79 Å². The molecule has 2 N–H and O–H groups in total. The largest absolute Gasteiger partial charge is 0.358 e. The van der Waals surface area contributed by atoms with Crippen molar-refractivity contribution in [3.63, 3.8) is 0 Å². The van der Waals surface area contributed by atoms with Gasteiger partial charge in [-0.15, -0.1) is 11.3 Å². The highest BCUT2D eigenvalue weighted by atomic mass is 32.1. The second-order valence-electron chi connectivity index (χ2n) is 3.79. The number of carbonyl (C=O) groups is 1. The Hall–Kier alpha value is -1.72.